The summed E-state index contributed by atoms with van der Waals surface area (Å²) in [5.74, 6) is 0. The number of nitrogens with zero attached hydrogens (tertiary/aromatic N) is 2. The van der Waals surface area contributed by atoms with Crippen LogP contribution in [0, 0.1) is 13.7 Å². The molecule has 1 heterocycles. The van der Waals surface area contributed by atoms with Gasteiger partial charge in [-0.1, -0.05) is 0 Å². The third kappa shape index (κ3) is 2.57. The van der Waals surface area contributed by atoms with Gasteiger partial charge in [-0.25, -0.2) is 0 Å². The first-order chi connectivity index (χ1) is 8.28. The molecule has 0 bridgehead atoms. The standard InChI is InChI=1S/C10H6F3IN2O2/c11-10(12,13)5-15-2-1-7-8(15)3-6(14)4-9(7)16(17)18/h1-4H,5H2. The SMILES string of the molecule is O=[N+]([O-])c1cc(I)cc2c1ccn2CC(F)(F)F. The average Bonchev–Trinajstić information content (AvgIpc) is 2.58. The van der Waals surface area contributed by atoms with Crippen molar-refractivity contribution in [2.45, 2.75) is 12.7 Å². The Morgan fingerprint density at radius 1 is 1.39 bits per heavy atom. The first kappa shape index (κ1) is 13.1. The van der Waals surface area contributed by atoms with Crippen LogP contribution in [0.5, 0.6) is 0 Å². The lowest BCUT2D eigenvalue weighted by Crippen LogP contribution is -2.16. The van der Waals surface area contributed by atoms with E-state index >= 15 is 0 Å². The summed E-state index contributed by atoms with van der Waals surface area (Å²) in [7, 11) is 0. The summed E-state index contributed by atoms with van der Waals surface area (Å²) >= 11 is 1.84. The lowest BCUT2D eigenvalue weighted by Gasteiger charge is -2.09. The number of aromatic nitrogens is 1. The lowest BCUT2D eigenvalue weighted by atomic mass is 10.2. The Labute approximate surface area is 113 Å². The van der Waals surface area contributed by atoms with Gasteiger partial charge in [0.1, 0.15) is 6.54 Å². The van der Waals surface area contributed by atoms with Gasteiger partial charge >= 0.3 is 6.18 Å². The van der Waals surface area contributed by atoms with Crippen molar-refractivity contribution < 1.29 is 18.1 Å². The number of fused-ring (bicyclic) bond motifs is 1. The number of alkyl halides is 3. The van der Waals surface area contributed by atoms with Crippen molar-refractivity contribution in [1.29, 1.82) is 0 Å². The summed E-state index contributed by atoms with van der Waals surface area (Å²) in [5.41, 5.74) is 0.0312. The predicted octanol–water partition coefficient (Wildman–Crippen LogP) is 3.72. The molecule has 96 valence electrons. The number of hydrogen-bond donors (Lipinski definition) is 0. The molecule has 0 radical (unpaired) electrons. The highest BCUT2D eigenvalue weighted by Crippen LogP contribution is 2.30. The van der Waals surface area contributed by atoms with Crippen molar-refractivity contribution in [2.24, 2.45) is 0 Å². The van der Waals surface area contributed by atoms with E-state index in [2.05, 4.69) is 0 Å². The molecule has 0 saturated heterocycles. The molecular formula is C10H6F3IN2O2. The molecule has 2 aromatic rings. The molecule has 4 nitrogen and oxygen atoms in total. The first-order valence-electron chi connectivity index (χ1n) is 4.77. The molecule has 0 saturated carbocycles. The maximum Gasteiger partial charge on any atom is 0.406 e. The van der Waals surface area contributed by atoms with Gasteiger partial charge in [-0.3, -0.25) is 10.1 Å². The molecule has 0 atom stereocenters. The Hall–Kier alpha value is -1.32. The predicted molar refractivity (Wildman–Crippen MR) is 67.4 cm³/mol. The van der Waals surface area contributed by atoms with E-state index in [4.69, 9.17) is 0 Å². The number of benzene rings is 1. The van der Waals surface area contributed by atoms with Gasteiger partial charge in [0.25, 0.3) is 5.69 Å². The molecule has 0 aliphatic carbocycles. The summed E-state index contributed by atoms with van der Waals surface area (Å²) < 4.78 is 38.5. The summed E-state index contributed by atoms with van der Waals surface area (Å²) in [6, 6.07) is 4.16. The van der Waals surface area contributed by atoms with Crippen LogP contribution in [0.15, 0.2) is 24.4 Å². The highest BCUT2D eigenvalue weighted by atomic mass is 127. The first-order valence-corrected chi connectivity index (χ1v) is 5.85. The van der Waals surface area contributed by atoms with Crippen LogP contribution in [0.1, 0.15) is 0 Å². The molecule has 1 aromatic heterocycles. The van der Waals surface area contributed by atoms with Gasteiger partial charge < -0.3 is 4.57 Å². The summed E-state index contributed by atoms with van der Waals surface area (Å²) in [6.45, 7) is -1.16. The molecule has 0 N–H and O–H groups in total. The fourth-order valence-electron chi connectivity index (χ4n) is 1.72. The number of non-ortho nitro benzene ring substituents is 1. The fourth-order valence-corrected chi connectivity index (χ4v) is 2.31. The molecule has 0 amide bonds. The van der Waals surface area contributed by atoms with Crippen LogP contribution in [0.3, 0.4) is 0 Å². The Morgan fingerprint density at radius 3 is 2.61 bits per heavy atom. The second-order valence-corrected chi connectivity index (χ2v) is 4.92. The maximum atomic E-state index is 12.3. The smallest absolute Gasteiger partial charge is 0.338 e. The Balaban J connectivity index is 2.63. The molecule has 1 aromatic carbocycles. The zero-order valence-electron chi connectivity index (χ0n) is 8.74. The van der Waals surface area contributed by atoms with Crippen molar-refractivity contribution in [3.8, 4) is 0 Å². The van der Waals surface area contributed by atoms with Gasteiger partial charge in [0.15, 0.2) is 0 Å². The summed E-state index contributed by atoms with van der Waals surface area (Å²) in [4.78, 5) is 10.2. The van der Waals surface area contributed by atoms with E-state index in [9.17, 15) is 23.3 Å². The minimum Gasteiger partial charge on any atom is -0.338 e. The third-order valence-electron chi connectivity index (χ3n) is 2.38. The van der Waals surface area contributed by atoms with Crippen LogP contribution in [0.25, 0.3) is 10.9 Å². The van der Waals surface area contributed by atoms with E-state index in [0.717, 1.165) is 4.57 Å². The van der Waals surface area contributed by atoms with Crippen LogP contribution < -0.4 is 0 Å². The minimum absolute atomic E-state index is 0.183. The van der Waals surface area contributed by atoms with Crippen LogP contribution >= 0.6 is 22.6 Å². The van der Waals surface area contributed by atoms with E-state index in [-0.39, 0.29) is 16.6 Å². The van der Waals surface area contributed by atoms with Crippen molar-refractivity contribution in [1.82, 2.24) is 4.57 Å². The number of halogens is 4. The van der Waals surface area contributed by atoms with Gasteiger partial charge in [-0.2, -0.15) is 13.2 Å². The Morgan fingerprint density at radius 2 is 2.06 bits per heavy atom. The molecule has 0 aliphatic rings. The van der Waals surface area contributed by atoms with E-state index in [1.807, 2.05) is 22.6 Å². The van der Waals surface area contributed by atoms with Crippen molar-refractivity contribution in [3.63, 3.8) is 0 Å². The Bertz CT molecular complexity index is 621. The average molecular weight is 370 g/mol. The third-order valence-corrected chi connectivity index (χ3v) is 3.00. The van der Waals surface area contributed by atoms with E-state index in [0.29, 0.717) is 3.57 Å². The van der Waals surface area contributed by atoms with E-state index < -0.39 is 17.6 Å². The van der Waals surface area contributed by atoms with Crippen molar-refractivity contribution in [3.05, 3.63) is 38.1 Å². The second-order valence-electron chi connectivity index (χ2n) is 3.67. The number of nitro groups is 1. The van der Waals surface area contributed by atoms with E-state index in [1.54, 1.807) is 0 Å². The molecule has 8 heteroatoms. The van der Waals surface area contributed by atoms with Gasteiger partial charge in [0.05, 0.1) is 15.8 Å². The summed E-state index contributed by atoms with van der Waals surface area (Å²) in [5, 5.41) is 11.0. The largest absolute Gasteiger partial charge is 0.406 e. The summed E-state index contributed by atoms with van der Waals surface area (Å²) in [6.07, 6.45) is -3.15. The van der Waals surface area contributed by atoms with Crippen LogP contribution in [0.4, 0.5) is 18.9 Å². The Kier molecular flexibility index (Phi) is 3.21. The fraction of sp³-hybridized carbons (Fsp3) is 0.200. The molecule has 0 aliphatic heterocycles. The molecule has 2 rings (SSSR count). The van der Waals surface area contributed by atoms with E-state index in [1.165, 1.54) is 24.4 Å². The van der Waals surface area contributed by atoms with Crippen LogP contribution in [-0.2, 0) is 6.54 Å². The zero-order valence-corrected chi connectivity index (χ0v) is 10.9. The molecule has 18 heavy (non-hydrogen) atoms. The molecule has 0 unspecified atom stereocenters. The van der Waals surface area contributed by atoms with Gasteiger partial charge in [0.2, 0.25) is 0 Å². The molecular weight excluding hydrogens is 364 g/mol. The van der Waals surface area contributed by atoms with Gasteiger partial charge in [0, 0.05) is 15.8 Å². The topological polar surface area (TPSA) is 48.1 Å². The van der Waals surface area contributed by atoms with Crippen molar-refractivity contribution >= 4 is 39.2 Å². The lowest BCUT2D eigenvalue weighted by molar-refractivity contribution is -0.383. The van der Waals surface area contributed by atoms with Crippen LogP contribution in [-0.4, -0.2) is 15.7 Å². The molecule has 0 spiro atoms. The number of nitro benzene ring substituents is 1. The van der Waals surface area contributed by atoms with Gasteiger partial charge in [-0.05, 0) is 34.7 Å². The van der Waals surface area contributed by atoms with Crippen LogP contribution in [0.2, 0.25) is 0 Å². The van der Waals surface area contributed by atoms with Crippen molar-refractivity contribution in [2.75, 3.05) is 0 Å². The number of hydrogen-bond acceptors (Lipinski definition) is 2. The number of rotatable bonds is 2. The quantitative estimate of drug-likeness (QED) is 0.460. The highest BCUT2D eigenvalue weighted by Gasteiger charge is 2.29. The zero-order chi connectivity index (χ0) is 13.5. The maximum absolute atomic E-state index is 12.3. The monoisotopic (exact) mass is 370 g/mol. The second kappa shape index (κ2) is 4.41. The van der Waals surface area contributed by atoms with Gasteiger partial charge in [-0.15, -0.1) is 0 Å². The molecule has 0 fully saturated rings. The minimum atomic E-state index is -4.36. The normalized spacial score (nSPS) is 12.0. The highest BCUT2D eigenvalue weighted by molar-refractivity contribution is 14.1.